The molecule has 0 saturated heterocycles. The number of fused-ring (bicyclic) bond motifs is 3. The lowest BCUT2D eigenvalue weighted by atomic mass is 10.2. The standard InChI is InChI=1S/C15H19N5/c1-20(2)9-5-8-16-15-14-13(17-10-18-15)11-6-3-4-7-12(11)19-14/h3-4,6-7,10,19H,5,8-9H2,1-2H3,(H,16,17,18)/p+1. The van der Waals surface area contributed by atoms with Crippen molar-refractivity contribution in [2.24, 2.45) is 0 Å². The Morgan fingerprint density at radius 3 is 2.90 bits per heavy atom. The molecule has 0 bridgehead atoms. The van der Waals surface area contributed by atoms with E-state index in [4.69, 9.17) is 0 Å². The molecule has 3 aromatic rings. The Morgan fingerprint density at radius 2 is 2.05 bits per heavy atom. The summed E-state index contributed by atoms with van der Waals surface area (Å²) in [6.07, 6.45) is 2.75. The van der Waals surface area contributed by atoms with Gasteiger partial charge in [-0.1, -0.05) is 18.2 Å². The first-order chi connectivity index (χ1) is 9.75. The fourth-order valence-electron chi connectivity index (χ4n) is 2.42. The molecule has 104 valence electrons. The average Bonchev–Trinajstić information content (AvgIpc) is 2.83. The number of para-hydroxylation sites is 1. The first-order valence-corrected chi connectivity index (χ1v) is 7.00. The van der Waals surface area contributed by atoms with E-state index < -0.39 is 0 Å². The largest absolute Gasteiger partial charge is 0.368 e. The number of nitrogens with zero attached hydrogens (tertiary/aromatic N) is 2. The summed E-state index contributed by atoms with van der Waals surface area (Å²) in [6, 6.07) is 8.21. The molecule has 2 heterocycles. The van der Waals surface area contributed by atoms with Crippen molar-refractivity contribution in [3.05, 3.63) is 30.6 Å². The number of aromatic nitrogens is 3. The summed E-state index contributed by atoms with van der Waals surface area (Å²) in [5, 5.41) is 4.55. The van der Waals surface area contributed by atoms with Gasteiger partial charge in [0.15, 0.2) is 5.82 Å². The average molecular weight is 270 g/mol. The Balaban J connectivity index is 1.87. The SMILES string of the molecule is C[NH+](C)CCCNc1ncnc2c1[nH]c1ccccc12. The number of aromatic amines is 1. The van der Waals surface area contributed by atoms with Gasteiger partial charge < -0.3 is 15.2 Å². The van der Waals surface area contributed by atoms with E-state index in [1.165, 1.54) is 4.90 Å². The van der Waals surface area contributed by atoms with Crippen molar-refractivity contribution in [3.8, 4) is 0 Å². The van der Waals surface area contributed by atoms with Crippen LogP contribution in [0.4, 0.5) is 5.82 Å². The molecule has 5 heteroatoms. The Morgan fingerprint density at radius 1 is 1.20 bits per heavy atom. The molecule has 0 aliphatic rings. The zero-order valence-electron chi connectivity index (χ0n) is 11.9. The first kappa shape index (κ1) is 12.9. The highest BCUT2D eigenvalue weighted by molar-refractivity contribution is 6.07. The number of nitrogens with one attached hydrogen (secondary N) is 3. The second-order valence-electron chi connectivity index (χ2n) is 5.35. The number of anilines is 1. The van der Waals surface area contributed by atoms with Gasteiger partial charge in [-0.2, -0.15) is 0 Å². The van der Waals surface area contributed by atoms with Gasteiger partial charge in [-0.05, 0) is 6.07 Å². The predicted octanol–water partition coefficient (Wildman–Crippen LogP) is 1.06. The summed E-state index contributed by atoms with van der Waals surface area (Å²) < 4.78 is 0. The third kappa shape index (κ3) is 2.44. The van der Waals surface area contributed by atoms with Crippen LogP contribution in [0.1, 0.15) is 6.42 Å². The van der Waals surface area contributed by atoms with Crippen molar-refractivity contribution >= 4 is 27.8 Å². The molecule has 0 aliphatic heterocycles. The van der Waals surface area contributed by atoms with Crippen molar-refractivity contribution in [2.75, 3.05) is 32.5 Å². The molecular weight excluding hydrogens is 250 g/mol. The molecule has 0 unspecified atom stereocenters. The number of rotatable bonds is 5. The van der Waals surface area contributed by atoms with Gasteiger partial charge in [0.05, 0.1) is 20.6 Å². The topological polar surface area (TPSA) is 58.0 Å². The number of quaternary nitrogens is 1. The van der Waals surface area contributed by atoms with Gasteiger partial charge in [0, 0.05) is 23.9 Å². The highest BCUT2D eigenvalue weighted by atomic mass is 15.1. The Labute approximate surface area is 118 Å². The van der Waals surface area contributed by atoms with Crippen LogP contribution in [0.5, 0.6) is 0 Å². The first-order valence-electron chi connectivity index (χ1n) is 7.00. The van der Waals surface area contributed by atoms with Crippen LogP contribution >= 0.6 is 0 Å². The molecule has 0 atom stereocenters. The van der Waals surface area contributed by atoms with Crippen molar-refractivity contribution in [1.29, 1.82) is 0 Å². The summed E-state index contributed by atoms with van der Waals surface area (Å²) >= 11 is 0. The highest BCUT2D eigenvalue weighted by Gasteiger charge is 2.09. The zero-order chi connectivity index (χ0) is 13.9. The second kappa shape index (κ2) is 5.46. The normalized spacial score (nSPS) is 11.6. The van der Waals surface area contributed by atoms with Gasteiger partial charge in [0.25, 0.3) is 0 Å². The van der Waals surface area contributed by atoms with E-state index in [2.05, 4.69) is 46.5 Å². The van der Waals surface area contributed by atoms with Crippen molar-refractivity contribution in [2.45, 2.75) is 6.42 Å². The summed E-state index contributed by atoms with van der Waals surface area (Å²) in [6.45, 7) is 2.07. The van der Waals surface area contributed by atoms with Gasteiger partial charge in [-0.15, -0.1) is 0 Å². The third-order valence-corrected chi connectivity index (χ3v) is 3.44. The molecule has 5 nitrogen and oxygen atoms in total. The van der Waals surface area contributed by atoms with Gasteiger partial charge in [0.2, 0.25) is 0 Å². The summed E-state index contributed by atoms with van der Waals surface area (Å²) in [5.74, 6) is 0.889. The Hall–Kier alpha value is -2.14. The summed E-state index contributed by atoms with van der Waals surface area (Å²) in [4.78, 5) is 13.6. The minimum Gasteiger partial charge on any atom is -0.368 e. The van der Waals surface area contributed by atoms with E-state index in [1.807, 2.05) is 12.1 Å². The molecule has 1 aromatic carbocycles. The maximum absolute atomic E-state index is 4.40. The molecule has 3 rings (SSSR count). The molecule has 2 aromatic heterocycles. The minimum atomic E-state index is 0.889. The zero-order valence-corrected chi connectivity index (χ0v) is 11.9. The van der Waals surface area contributed by atoms with Crippen molar-refractivity contribution in [1.82, 2.24) is 15.0 Å². The quantitative estimate of drug-likeness (QED) is 0.608. The lowest BCUT2D eigenvalue weighted by molar-refractivity contribution is -0.858. The molecule has 0 radical (unpaired) electrons. The van der Waals surface area contributed by atoms with E-state index in [0.29, 0.717) is 0 Å². The van der Waals surface area contributed by atoms with Crippen molar-refractivity contribution in [3.63, 3.8) is 0 Å². The molecule has 0 saturated carbocycles. The Kier molecular flexibility index (Phi) is 3.52. The van der Waals surface area contributed by atoms with E-state index in [-0.39, 0.29) is 0 Å². The summed E-state index contributed by atoms with van der Waals surface area (Å²) in [5.41, 5.74) is 3.08. The molecular formula is C15H20N5+. The second-order valence-corrected chi connectivity index (χ2v) is 5.35. The fourth-order valence-corrected chi connectivity index (χ4v) is 2.42. The molecule has 3 N–H and O–H groups in total. The van der Waals surface area contributed by atoms with Crippen LogP contribution in [0.25, 0.3) is 21.9 Å². The van der Waals surface area contributed by atoms with Crippen molar-refractivity contribution < 1.29 is 4.90 Å². The van der Waals surface area contributed by atoms with Crippen LogP contribution in [0.15, 0.2) is 30.6 Å². The minimum absolute atomic E-state index is 0.889. The van der Waals surface area contributed by atoms with E-state index in [0.717, 1.165) is 47.3 Å². The van der Waals surface area contributed by atoms with Gasteiger partial charge >= 0.3 is 0 Å². The number of H-pyrrole nitrogens is 1. The number of benzene rings is 1. The van der Waals surface area contributed by atoms with Crippen LogP contribution < -0.4 is 10.2 Å². The molecule has 0 spiro atoms. The van der Waals surface area contributed by atoms with Crippen LogP contribution in [-0.2, 0) is 0 Å². The van der Waals surface area contributed by atoms with E-state index in [1.54, 1.807) is 6.33 Å². The predicted molar refractivity (Wildman–Crippen MR) is 82.2 cm³/mol. The van der Waals surface area contributed by atoms with Gasteiger partial charge in [0.1, 0.15) is 17.4 Å². The number of hydrogen-bond acceptors (Lipinski definition) is 3. The molecule has 0 amide bonds. The monoisotopic (exact) mass is 270 g/mol. The Bertz CT molecular complexity index is 716. The third-order valence-electron chi connectivity index (χ3n) is 3.44. The van der Waals surface area contributed by atoms with E-state index >= 15 is 0 Å². The number of hydrogen-bond donors (Lipinski definition) is 3. The van der Waals surface area contributed by atoms with Crippen LogP contribution in [0.2, 0.25) is 0 Å². The highest BCUT2D eigenvalue weighted by Crippen LogP contribution is 2.26. The van der Waals surface area contributed by atoms with Gasteiger partial charge in [-0.3, -0.25) is 0 Å². The fraction of sp³-hybridized carbons (Fsp3) is 0.333. The van der Waals surface area contributed by atoms with E-state index in [9.17, 15) is 0 Å². The van der Waals surface area contributed by atoms with Crippen LogP contribution in [0.3, 0.4) is 0 Å². The maximum atomic E-state index is 4.40. The lowest BCUT2D eigenvalue weighted by Crippen LogP contribution is -3.05. The van der Waals surface area contributed by atoms with Crippen LogP contribution in [-0.4, -0.2) is 42.1 Å². The molecule has 0 fully saturated rings. The smallest absolute Gasteiger partial charge is 0.153 e. The van der Waals surface area contributed by atoms with Gasteiger partial charge in [-0.25, -0.2) is 9.97 Å². The summed E-state index contributed by atoms with van der Waals surface area (Å²) in [7, 11) is 4.33. The molecule has 0 aliphatic carbocycles. The van der Waals surface area contributed by atoms with Crippen LogP contribution in [0, 0.1) is 0 Å². The maximum Gasteiger partial charge on any atom is 0.153 e. The lowest BCUT2D eigenvalue weighted by Gasteiger charge is -2.08. The molecule has 20 heavy (non-hydrogen) atoms.